The first-order valence-electron chi connectivity index (χ1n) is 6.59. The molecular weight excluding hydrogens is 254 g/mol. The van der Waals surface area contributed by atoms with Gasteiger partial charge in [0.15, 0.2) is 0 Å². The Morgan fingerprint density at radius 2 is 1.83 bits per heavy atom. The van der Waals surface area contributed by atoms with Gasteiger partial charge < -0.3 is 5.11 Å². The van der Waals surface area contributed by atoms with Crippen molar-refractivity contribution in [3.8, 4) is 0 Å². The Labute approximate surface area is 109 Å². The molecule has 0 aromatic carbocycles. The number of hydrogen-bond donors (Lipinski definition) is 1. The fourth-order valence-corrected chi connectivity index (χ4v) is 4.02. The number of aliphatic carboxylic acids is 1. The Hall–Kier alpha value is -0.620. The van der Waals surface area contributed by atoms with Gasteiger partial charge in [0, 0.05) is 13.1 Å². The highest BCUT2D eigenvalue weighted by atomic mass is 32.2. The van der Waals surface area contributed by atoms with E-state index in [0.29, 0.717) is 38.8 Å². The summed E-state index contributed by atoms with van der Waals surface area (Å²) in [7, 11) is -3.19. The van der Waals surface area contributed by atoms with Crippen LogP contribution in [-0.2, 0) is 14.8 Å². The normalized spacial score (nSPS) is 20.8. The van der Waals surface area contributed by atoms with Crippen LogP contribution in [0.4, 0.5) is 0 Å². The summed E-state index contributed by atoms with van der Waals surface area (Å²) in [6.07, 6.45) is 2.91. The van der Waals surface area contributed by atoms with Crippen molar-refractivity contribution < 1.29 is 18.3 Å². The molecule has 0 atom stereocenters. The lowest BCUT2D eigenvalue weighted by molar-refractivity contribution is -0.151. The van der Waals surface area contributed by atoms with Crippen LogP contribution in [0.25, 0.3) is 0 Å². The number of unbranched alkanes of at least 4 members (excludes halogenated alkanes) is 1. The molecule has 0 bridgehead atoms. The molecule has 0 saturated carbocycles. The van der Waals surface area contributed by atoms with E-state index in [9.17, 15) is 18.3 Å². The summed E-state index contributed by atoms with van der Waals surface area (Å²) >= 11 is 0. The van der Waals surface area contributed by atoms with E-state index in [0.717, 1.165) is 6.42 Å². The van der Waals surface area contributed by atoms with Crippen molar-refractivity contribution in [1.29, 1.82) is 0 Å². The summed E-state index contributed by atoms with van der Waals surface area (Å²) in [5.74, 6) is -0.619. The predicted molar refractivity (Wildman–Crippen MR) is 69.9 cm³/mol. The van der Waals surface area contributed by atoms with E-state index in [1.807, 2.05) is 13.8 Å². The number of rotatable bonds is 6. The molecule has 5 nitrogen and oxygen atoms in total. The number of carboxylic acids is 1. The molecule has 6 heteroatoms. The Kier molecular flexibility index (Phi) is 5.16. The molecule has 0 aromatic rings. The van der Waals surface area contributed by atoms with Gasteiger partial charge in [-0.25, -0.2) is 12.7 Å². The minimum atomic E-state index is -3.19. The van der Waals surface area contributed by atoms with Gasteiger partial charge in [-0.05, 0) is 25.7 Å². The minimum Gasteiger partial charge on any atom is -0.481 e. The minimum absolute atomic E-state index is 0.176. The molecule has 1 aliphatic rings. The number of carbonyl (C=O) groups is 1. The molecule has 1 aliphatic heterocycles. The standard InChI is InChI=1S/C12H23NO4S/c1-3-5-10-18(16,17)13-8-6-12(4-2,7-9-13)11(14)15/h3-10H2,1-2H3,(H,14,15). The molecule has 106 valence electrons. The summed E-state index contributed by atoms with van der Waals surface area (Å²) in [6.45, 7) is 4.49. The maximum absolute atomic E-state index is 12.0. The summed E-state index contributed by atoms with van der Waals surface area (Å²) in [5, 5.41) is 9.25. The van der Waals surface area contributed by atoms with Crippen molar-refractivity contribution in [1.82, 2.24) is 4.31 Å². The number of nitrogens with zero attached hydrogens (tertiary/aromatic N) is 1. The second-order valence-electron chi connectivity index (χ2n) is 5.01. The third kappa shape index (κ3) is 3.23. The van der Waals surface area contributed by atoms with Crippen molar-refractivity contribution in [2.45, 2.75) is 46.0 Å². The average Bonchev–Trinajstić information content (AvgIpc) is 2.36. The van der Waals surface area contributed by atoms with E-state index in [1.54, 1.807) is 0 Å². The highest BCUT2D eigenvalue weighted by Gasteiger charge is 2.42. The van der Waals surface area contributed by atoms with Gasteiger partial charge in [-0.1, -0.05) is 20.3 Å². The largest absolute Gasteiger partial charge is 0.481 e. The van der Waals surface area contributed by atoms with Crippen LogP contribution in [0.15, 0.2) is 0 Å². The molecule has 1 rings (SSSR count). The van der Waals surface area contributed by atoms with E-state index >= 15 is 0 Å². The van der Waals surface area contributed by atoms with Crippen LogP contribution in [-0.4, -0.2) is 42.6 Å². The van der Waals surface area contributed by atoms with Gasteiger partial charge in [-0.2, -0.15) is 0 Å². The van der Waals surface area contributed by atoms with E-state index in [-0.39, 0.29) is 5.75 Å². The van der Waals surface area contributed by atoms with E-state index in [1.165, 1.54) is 4.31 Å². The van der Waals surface area contributed by atoms with E-state index in [4.69, 9.17) is 0 Å². The quantitative estimate of drug-likeness (QED) is 0.801. The molecule has 0 aliphatic carbocycles. The number of sulfonamides is 1. The molecule has 1 fully saturated rings. The smallest absolute Gasteiger partial charge is 0.309 e. The van der Waals surface area contributed by atoms with Crippen LogP contribution in [0, 0.1) is 5.41 Å². The number of carboxylic acid groups (broad SMARTS) is 1. The number of piperidine rings is 1. The van der Waals surface area contributed by atoms with Crippen LogP contribution in [0.3, 0.4) is 0 Å². The van der Waals surface area contributed by atoms with Gasteiger partial charge in [0.25, 0.3) is 0 Å². The zero-order valence-electron chi connectivity index (χ0n) is 11.2. The average molecular weight is 277 g/mol. The number of hydrogen-bond acceptors (Lipinski definition) is 3. The first-order valence-corrected chi connectivity index (χ1v) is 8.20. The molecule has 0 amide bonds. The van der Waals surface area contributed by atoms with Gasteiger partial charge in [-0.15, -0.1) is 0 Å². The van der Waals surface area contributed by atoms with Gasteiger partial charge in [0.1, 0.15) is 0 Å². The van der Waals surface area contributed by atoms with Gasteiger partial charge >= 0.3 is 5.97 Å². The molecule has 1 N–H and O–H groups in total. The summed E-state index contributed by atoms with van der Waals surface area (Å²) in [5.41, 5.74) is -0.725. The van der Waals surface area contributed by atoms with Crippen molar-refractivity contribution in [2.75, 3.05) is 18.8 Å². The van der Waals surface area contributed by atoms with Crippen molar-refractivity contribution >= 4 is 16.0 Å². The summed E-state index contributed by atoms with van der Waals surface area (Å²) in [6, 6.07) is 0. The Balaban J connectivity index is 2.66. The third-order valence-electron chi connectivity index (χ3n) is 3.96. The predicted octanol–water partition coefficient (Wildman–Crippen LogP) is 1.69. The summed E-state index contributed by atoms with van der Waals surface area (Å²) in [4.78, 5) is 11.3. The van der Waals surface area contributed by atoms with Crippen LogP contribution in [0.2, 0.25) is 0 Å². The monoisotopic (exact) mass is 277 g/mol. The fraction of sp³-hybridized carbons (Fsp3) is 0.917. The molecule has 1 heterocycles. The second kappa shape index (κ2) is 6.02. The van der Waals surface area contributed by atoms with Crippen molar-refractivity contribution in [3.05, 3.63) is 0 Å². The van der Waals surface area contributed by atoms with E-state index in [2.05, 4.69) is 0 Å². The topological polar surface area (TPSA) is 74.7 Å². The molecule has 0 radical (unpaired) electrons. The fourth-order valence-electron chi connectivity index (χ4n) is 2.37. The van der Waals surface area contributed by atoms with Crippen LogP contribution < -0.4 is 0 Å². The SMILES string of the molecule is CCCCS(=O)(=O)N1CCC(CC)(C(=O)O)CC1. The highest BCUT2D eigenvalue weighted by molar-refractivity contribution is 7.89. The van der Waals surface area contributed by atoms with Crippen molar-refractivity contribution in [3.63, 3.8) is 0 Å². The third-order valence-corrected chi connectivity index (χ3v) is 5.92. The van der Waals surface area contributed by atoms with Gasteiger partial charge in [-0.3, -0.25) is 4.79 Å². The second-order valence-corrected chi connectivity index (χ2v) is 7.10. The summed E-state index contributed by atoms with van der Waals surface area (Å²) < 4.78 is 25.4. The first kappa shape index (κ1) is 15.4. The lowest BCUT2D eigenvalue weighted by Gasteiger charge is -2.37. The Morgan fingerprint density at radius 1 is 1.28 bits per heavy atom. The van der Waals surface area contributed by atoms with Crippen LogP contribution >= 0.6 is 0 Å². The maximum Gasteiger partial charge on any atom is 0.309 e. The zero-order valence-corrected chi connectivity index (χ0v) is 12.0. The molecule has 18 heavy (non-hydrogen) atoms. The first-order chi connectivity index (χ1) is 8.38. The maximum atomic E-state index is 12.0. The molecular formula is C12H23NO4S. The highest BCUT2D eigenvalue weighted by Crippen LogP contribution is 2.36. The van der Waals surface area contributed by atoms with Crippen molar-refractivity contribution in [2.24, 2.45) is 5.41 Å². The Morgan fingerprint density at radius 3 is 2.22 bits per heavy atom. The molecule has 0 aromatic heterocycles. The lowest BCUT2D eigenvalue weighted by Crippen LogP contribution is -2.46. The van der Waals surface area contributed by atoms with Crippen LogP contribution in [0.1, 0.15) is 46.0 Å². The molecule has 0 spiro atoms. The Bertz CT molecular complexity index is 383. The molecule has 1 saturated heterocycles. The molecule has 0 unspecified atom stereocenters. The van der Waals surface area contributed by atoms with E-state index < -0.39 is 21.4 Å². The zero-order chi connectivity index (χ0) is 13.8. The van der Waals surface area contributed by atoms with Crippen LogP contribution in [0.5, 0.6) is 0 Å². The lowest BCUT2D eigenvalue weighted by atomic mass is 9.77. The van der Waals surface area contributed by atoms with Gasteiger partial charge in [0.2, 0.25) is 10.0 Å². The van der Waals surface area contributed by atoms with Gasteiger partial charge in [0.05, 0.1) is 11.2 Å².